The van der Waals surface area contributed by atoms with Gasteiger partial charge in [-0.15, -0.1) is 0 Å². The molecule has 2 saturated heterocycles. The molecule has 3 aliphatic rings. The Kier molecular flexibility index (Phi) is 7.53. The van der Waals surface area contributed by atoms with Crippen molar-refractivity contribution < 1.29 is 22.7 Å². The van der Waals surface area contributed by atoms with Gasteiger partial charge in [-0.25, -0.2) is 13.2 Å². The van der Waals surface area contributed by atoms with E-state index in [1.54, 1.807) is 4.31 Å². The molecule has 3 fully saturated rings. The number of sulfonamides is 1. The number of benzene rings is 1. The zero-order valence-electron chi connectivity index (χ0n) is 20.5. The van der Waals surface area contributed by atoms with Gasteiger partial charge in [0.05, 0.1) is 16.8 Å². The summed E-state index contributed by atoms with van der Waals surface area (Å²) < 4.78 is 37.8. The number of amides is 1. The van der Waals surface area contributed by atoms with E-state index < -0.39 is 15.6 Å². The minimum atomic E-state index is -3.11. The smallest absolute Gasteiger partial charge is 0.410 e. The van der Waals surface area contributed by atoms with Crippen LogP contribution in [0.5, 0.6) is 5.75 Å². The lowest BCUT2D eigenvalue weighted by Gasteiger charge is -2.33. The number of nitrogens with zero attached hydrogens (tertiary/aromatic N) is 3. The van der Waals surface area contributed by atoms with Gasteiger partial charge >= 0.3 is 6.09 Å². The van der Waals surface area contributed by atoms with Crippen molar-refractivity contribution in [2.75, 3.05) is 45.5 Å². The van der Waals surface area contributed by atoms with Gasteiger partial charge in [-0.05, 0) is 79.1 Å². The SMILES string of the molecule is CC(C)(C)OC(=O)N1CC2CC(Oc3ccc(CN4CCN(S(C)(=O)=O)CC4)cc3Br)C[C@H]2C1. The first-order valence-corrected chi connectivity index (χ1v) is 14.6. The molecule has 10 heteroatoms. The van der Waals surface area contributed by atoms with Crippen LogP contribution in [-0.2, 0) is 21.3 Å². The summed E-state index contributed by atoms with van der Waals surface area (Å²) >= 11 is 3.67. The van der Waals surface area contributed by atoms with Gasteiger partial charge in [0, 0.05) is 45.8 Å². The van der Waals surface area contributed by atoms with Gasteiger partial charge in [0.1, 0.15) is 11.4 Å². The lowest BCUT2D eigenvalue weighted by molar-refractivity contribution is 0.0272. The number of carbonyl (C=O) groups excluding carboxylic acids is 1. The van der Waals surface area contributed by atoms with E-state index in [4.69, 9.17) is 9.47 Å². The normalized spacial score (nSPS) is 26.5. The van der Waals surface area contributed by atoms with Crippen LogP contribution in [0, 0.1) is 11.8 Å². The molecule has 34 heavy (non-hydrogen) atoms. The molecule has 0 N–H and O–H groups in total. The minimum Gasteiger partial charge on any atom is -0.489 e. The van der Waals surface area contributed by atoms with E-state index in [0.29, 0.717) is 24.9 Å². The molecular weight excluding hydrogens is 522 g/mol. The number of rotatable bonds is 5. The lowest BCUT2D eigenvalue weighted by atomic mass is 10.0. The number of hydrogen-bond acceptors (Lipinski definition) is 6. The predicted molar refractivity (Wildman–Crippen MR) is 134 cm³/mol. The van der Waals surface area contributed by atoms with Crippen LogP contribution in [0.15, 0.2) is 22.7 Å². The highest BCUT2D eigenvalue weighted by Gasteiger charge is 2.44. The third kappa shape index (κ3) is 6.44. The molecule has 0 spiro atoms. The van der Waals surface area contributed by atoms with E-state index in [0.717, 1.165) is 55.8 Å². The highest BCUT2D eigenvalue weighted by molar-refractivity contribution is 9.10. The van der Waals surface area contributed by atoms with Crippen molar-refractivity contribution in [1.29, 1.82) is 0 Å². The van der Waals surface area contributed by atoms with Crippen molar-refractivity contribution in [3.8, 4) is 5.75 Å². The van der Waals surface area contributed by atoms with Gasteiger partial charge in [0.25, 0.3) is 0 Å². The number of likely N-dealkylation sites (tertiary alicyclic amines) is 1. The van der Waals surface area contributed by atoms with Gasteiger partial charge < -0.3 is 14.4 Å². The quantitative estimate of drug-likeness (QED) is 0.550. The number of halogens is 1. The summed E-state index contributed by atoms with van der Waals surface area (Å²) in [5.41, 5.74) is 0.701. The first kappa shape index (κ1) is 25.7. The molecular formula is C24H36BrN3O5S. The molecule has 1 saturated carbocycles. The maximum atomic E-state index is 12.4. The van der Waals surface area contributed by atoms with Gasteiger partial charge in [-0.1, -0.05) is 6.07 Å². The Labute approximate surface area is 211 Å². The summed E-state index contributed by atoms with van der Waals surface area (Å²) in [6.45, 7) is 10.5. The summed E-state index contributed by atoms with van der Waals surface area (Å²) in [4.78, 5) is 16.5. The Morgan fingerprint density at radius 3 is 2.24 bits per heavy atom. The number of carbonyl (C=O) groups is 1. The molecule has 3 atom stereocenters. The lowest BCUT2D eigenvalue weighted by Crippen LogP contribution is -2.47. The molecule has 0 radical (unpaired) electrons. The first-order chi connectivity index (χ1) is 15.9. The molecule has 190 valence electrons. The van der Waals surface area contributed by atoms with Crippen LogP contribution in [0.4, 0.5) is 4.79 Å². The maximum absolute atomic E-state index is 12.4. The van der Waals surface area contributed by atoms with Gasteiger partial charge in [-0.2, -0.15) is 4.31 Å². The molecule has 1 aliphatic carbocycles. The second-order valence-corrected chi connectivity index (χ2v) is 13.7. The summed E-state index contributed by atoms with van der Waals surface area (Å²) in [6, 6.07) is 6.20. The second kappa shape index (κ2) is 9.95. The zero-order chi connectivity index (χ0) is 24.7. The Hall–Kier alpha value is -1.36. The fourth-order valence-electron chi connectivity index (χ4n) is 5.21. The average molecular weight is 559 g/mol. The van der Waals surface area contributed by atoms with Gasteiger partial charge in [0.15, 0.2) is 0 Å². The third-order valence-electron chi connectivity index (χ3n) is 6.86. The number of fused-ring (bicyclic) bond motifs is 1. The van der Waals surface area contributed by atoms with Crippen LogP contribution in [-0.4, -0.2) is 85.8 Å². The van der Waals surface area contributed by atoms with Crippen LogP contribution in [0.3, 0.4) is 0 Å². The molecule has 0 aromatic heterocycles. The molecule has 2 unspecified atom stereocenters. The molecule has 2 aliphatic heterocycles. The van der Waals surface area contributed by atoms with Crippen molar-refractivity contribution in [3.63, 3.8) is 0 Å². The molecule has 1 aromatic carbocycles. The molecule has 8 nitrogen and oxygen atoms in total. The Balaban J connectivity index is 1.26. The van der Waals surface area contributed by atoms with Crippen molar-refractivity contribution in [3.05, 3.63) is 28.2 Å². The third-order valence-corrected chi connectivity index (χ3v) is 8.78. The Morgan fingerprint density at radius 2 is 1.71 bits per heavy atom. The maximum Gasteiger partial charge on any atom is 0.410 e. The Bertz CT molecular complexity index is 990. The Morgan fingerprint density at radius 1 is 1.09 bits per heavy atom. The van der Waals surface area contributed by atoms with E-state index in [9.17, 15) is 13.2 Å². The van der Waals surface area contributed by atoms with Gasteiger partial charge in [-0.3, -0.25) is 4.90 Å². The van der Waals surface area contributed by atoms with Crippen LogP contribution in [0.2, 0.25) is 0 Å². The van der Waals surface area contributed by atoms with Gasteiger partial charge in [0.2, 0.25) is 10.0 Å². The molecule has 1 aromatic rings. The van der Waals surface area contributed by atoms with Crippen LogP contribution in [0.25, 0.3) is 0 Å². The van der Waals surface area contributed by atoms with Crippen LogP contribution >= 0.6 is 15.9 Å². The van der Waals surface area contributed by atoms with Crippen molar-refractivity contribution >= 4 is 32.0 Å². The fraction of sp³-hybridized carbons (Fsp3) is 0.708. The number of hydrogen-bond donors (Lipinski definition) is 0. The minimum absolute atomic E-state index is 0.155. The molecule has 1 amide bonds. The van der Waals surface area contributed by atoms with E-state index in [-0.39, 0.29) is 12.2 Å². The number of ether oxygens (including phenoxy) is 2. The summed E-state index contributed by atoms with van der Waals surface area (Å²) in [6.07, 6.45) is 3.11. The van der Waals surface area contributed by atoms with Crippen LogP contribution in [0.1, 0.15) is 39.2 Å². The van der Waals surface area contributed by atoms with Crippen molar-refractivity contribution in [1.82, 2.24) is 14.1 Å². The summed E-state index contributed by atoms with van der Waals surface area (Å²) in [7, 11) is -3.11. The molecule has 4 rings (SSSR count). The van der Waals surface area contributed by atoms with Crippen LogP contribution < -0.4 is 4.74 Å². The topological polar surface area (TPSA) is 79.4 Å². The zero-order valence-corrected chi connectivity index (χ0v) is 22.9. The summed E-state index contributed by atoms with van der Waals surface area (Å²) in [5.74, 6) is 1.77. The highest BCUT2D eigenvalue weighted by Crippen LogP contribution is 2.41. The van der Waals surface area contributed by atoms with E-state index in [1.165, 1.54) is 11.8 Å². The second-order valence-electron chi connectivity index (χ2n) is 10.8. The average Bonchev–Trinajstić information content (AvgIpc) is 3.27. The van der Waals surface area contributed by atoms with E-state index in [2.05, 4.69) is 33.0 Å². The fourth-order valence-corrected chi connectivity index (χ4v) is 6.56. The number of piperazine rings is 1. The standard InChI is InChI=1S/C24H36BrN3O5S/c1-24(2,3)33-23(29)27-15-18-12-20(13-19(18)16-27)32-22-6-5-17(11-21(22)25)14-26-7-9-28(10-8-26)34(4,30)31/h5-6,11,18-20H,7-10,12-16H2,1-4H3/t18-,19?,20?/m0/s1. The highest BCUT2D eigenvalue weighted by atomic mass is 79.9. The molecule has 2 heterocycles. The van der Waals surface area contributed by atoms with Crippen molar-refractivity contribution in [2.45, 2.75) is 51.9 Å². The molecule has 0 bridgehead atoms. The van der Waals surface area contributed by atoms with Crippen molar-refractivity contribution in [2.24, 2.45) is 11.8 Å². The largest absolute Gasteiger partial charge is 0.489 e. The van der Waals surface area contributed by atoms with E-state index in [1.807, 2.05) is 31.7 Å². The van der Waals surface area contributed by atoms with E-state index >= 15 is 0 Å². The first-order valence-electron chi connectivity index (χ1n) is 12.0. The monoisotopic (exact) mass is 557 g/mol. The predicted octanol–water partition coefficient (Wildman–Crippen LogP) is 3.55. The summed E-state index contributed by atoms with van der Waals surface area (Å²) in [5, 5.41) is 0.